The highest BCUT2D eigenvalue weighted by Gasteiger charge is 2.26. The molecule has 20 heavy (non-hydrogen) atoms. The van der Waals surface area contributed by atoms with Crippen LogP contribution in [0.3, 0.4) is 0 Å². The molecule has 0 spiro atoms. The Labute approximate surface area is 129 Å². The summed E-state index contributed by atoms with van der Waals surface area (Å²) in [5.41, 5.74) is 5.50. The second-order valence-corrected chi connectivity index (χ2v) is 9.41. The molecule has 1 nitrogen and oxygen atoms in total. The van der Waals surface area contributed by atoms with Crippen LogP contribution in [0, 0.1) is 20.8 Å². The van der Waals surface area contributed by atoms with Crippen molar-refractivity contribution in [1.29, 1.82) is 0 Å². The summed E-state index contributed by atoms with van der Waals surface area (Å²) in [6, 6.07) is 10.1. The van der Waals surface area contributed by atoms with Crippen LogP contribution in [-0.2, 0) is 0 Å². The zero-order valence-electron chi connectivity index (χ0n) is 11.5. The summed E-state index contributed by atoms with van der Waals surface area (Å²) >= 11 is 0. The Bertz CT molecular complexity index is 750. The molecule has 1 aliphatic heterocycles. The molecule has 1 aliphatic rings. The summed E-state index contributed by atoms with van der Waals surface area (Å²) < 4.78 is 0. The van der Waals surface area contributed by atoms with Gasteiger partial charge in [-0.3, -0.25) is 0 Å². The van der Waals surface area contributed by atoms with Crippen molar-refractivity contribution < 1.29 is 5.11 Å². The van der Waals surface area contributed by atoms with E-state index in [4.69, 9.17) is 10.7 Å². The molecule has 0 aromatic heterocycles. The molecule has 1 atom stereocenters. The molecule has 0 saturated carbocycles. The van der Waals surface area contributed by atoms with E-state index in [0.717, 1.165) is 27.1 Å². The maximum Gasteiger partial charge on any atom is 0.124 e. The highest BCUT2D eigenvalue weighted by atomic mass is 35.7. The highest BCUT2D eigenvalue weighted by molar-refractivity contribution is 8.93. The number of aryl methyl sites for hydroxylation is 1. The predicted octanol–water partition coefficient (Wildman–Crippen LogP) is 5.33. The number of hydrogen-bond acceptors (Lipinski definition) is 2. The van der Waals surface area contributed by atoms with Crippen LogP contribution in [0.5, 0.6) is 5.75 Å². The molecular formula is C16H15ClOS2. The Hall–Kier alpha value is -0.900. The minimum absolute atomic E-state index is 0.330. The topological polar surface area (TPSA) is 20.2 Å². The molecule has 0 bridgehead atoms. The fourth-order valence-corrected chi connectivity index (χ4v) is 6.73. The number of fused-ring (bicyclic) bond motifs is 1. The molecule has 1 heterocycles. The van der Waals surface area contributed by atoms with E-state index >= 15 is 0 Å². The van der Waals surface area contributed by atoms with Crippen LogP contribution in [0.4, 0.5) is 0 Å². The van der Waals surface area contributed by atoms with E-state index in [1.807, 2.05) is 25.1 Å². The first-order valence-electron chi connectivity index (χ1n) is 6.36. The summed E-state index contributed by atoms with van der Waals surface area (Å²) in [6.07, 6.45) is 0. The van der Waals surface area contributed by atoms with Crippen molar-refractivity contribution in [2.75, 3.05) is 0 Å². The Morgan fingerprint density at radius 2 is 1.80 bits per heavy atom. The molecule has 0 saturated heterocycles. The van der Waals surface area contributed by atoms with Gasteiger partial charge in [0, 0.05) is 20.9 Å². The zero-order chi connectivity index (χ0) is 14.4. The number of phenols is 1. The normalized spacial score (nSPS) is 17.4. The second kappa shape index (κ2) is 5.14. The third-order valence-corrected chi connectivity index (χ3v) is 7.75. The van der Waals surface area contributed by atoms with Crippen LogP contribution in [0.15, 0.2) is 35.2 Å². The average molecular weight is 323 g/mol. The van der Waals surface area contributed by atoms with E-state index in [0.29, 0.717) is 5.75 Å². The molecule has 0 aliphatic carbocycles. The van der Waals surface area contributed by atoms with Gasteiger partial charge in [0.1, 0.15) is 5.75 Å². The molecule has 1 N–H and O–H groups in total. The Morgan fingerprint density at radius 3 is 2.55 bits per heavy atom. The maximum absolute atomic E-state index is 10.4. The number of hydrogen-bond donors (Lipinski definition) is 1. The second-order valence-electron chi connectivity index (χ2n) is 4.97. The first-order valence-corrected chi connectivity index (χ1v) is 9.74. The lowest BCUT2D eigenvalue weighted by Gasteiger charge is -2.15. The van der Waals surface area contributed by atoms with E-state index < -0.39 is 8.73 Å². The van der Waals surface area contributed by atoms with Gasteiger partial charge in [0.25, 0.3) is 0 Å². The molecule has 104 valence electrons. The fraction of sp³-hybridized carbons (Fsp3) is 0.188. The van der Waals surface area contributed by atoms with Gasteiger partial charge in [-0.1, -0.05) is 18.2 Å². The van der Waals surface area contributed by atoms with Gasteiger partial charge in [-0.2, -0.15) is 0 Å². The number of halogens is 1. The predicted molar refractivity (Wildman–Crippen MR) is 91.3 cm³/mol. The lowest BCUT2D eigenvalue weighted by Crippen LogP contribution is -2.05. The Kier molecular flexibility index (Phi) is 3.61. The van der Waals surface area contributed by atoms with Gasteiger partial charge in [0.15, 0.2) is 0 Å². The average Bonchev–Trinajstić information content (AvgIpc) is 2.73. The largest absolute Gasteiger partial charge is 0.507 e. The quantitative estimate of drug-likeness (QED) is 0.565. The third-order valence-electron chi connectivity index (χ3n) is 3.82. The van der Waals surface area contributed by atoms with Gasteiger partial charge in [-0.25, -0.2) is 0 Å². The molecular weight excluding hydrogens is 308 g/mol. The van der Waals surface area contributed by atoms with Crippen molar-refractivity contribution in [3.63, 3.8) is 0 Å². The van der Waals surface area contributed by atoms with Gasteiger partial charge in [-0.05, 0) is 79.8 Å². The first kappa shape index (κ1) is 14.1. The summed E-state index contributed by atoms with van der Waals surface area (Å²) in [6.45, 7) is 6.17. The van der Waals surface area contributed by atoms with Crippen LogP contribution >= 0.6 is 30.2 Å². The minimum atomic E-state index is -0.448. The van der Waals surface area contributed by atoms with E-state index in [1.165, 1.54) is 10.5 Å². The number of aromatic hydroxyl groups is 1. The molecule has 4 heteroatoms. The van der Waals surface area contributed by atoms with E-state index in [2.05, 4.69) is 26.0 Å². The summed E-state index contributed by atoms with van der Waals surface area (Å²) in [7, 11) is 7.78. The molecule has 2 aromatic rings. The van der Waals surface area contributed by atoms with Crippen LogP contribution in [0.1, 0.15) is 27.8 Å². The summed E-state index contributed by atoms with van der Waals surface area (Å²) in [5.74, 6) is 0.330. The molecule has 2 aromatic carbocycles. The smallest absolute Gasteiger partial charge is 0.124 e. The number of benzene rings is 2. The Morgan fingerprint density at radius 1 is 1.10 bits per heavy atom. The fourth-order valence-electron chi connectivity index (χ4n) is 2.50. The monoisotopic (exact) mass is 322 g/mol. The third kappa shape index (κ3) is 2.09. The van der Waals surface area contributed by atoms with Crippen LogP contribution in [-0.4, -0.2) is 9.97 Å². The molecule has 0 amide bonds. The highest BCUT2D eigenvalue weighted by Crippen LogP contribution is 2.53. The molecule has 1 unspecified atom stereocenters. The maximum atomic E-state index is 10.4. The van der Waals surface area contributed by atoms with Crippen LogP contribution < -0.4 is 0 Å². The van der Waals surface area contributed by atoms with E-state index in [-0.39, 0.29) is 0 Å². The first-order chi connectivity index (χ1) is 9.50. The van der Waals surface area contributed by atoms with Gasteiger partial charge in [0.2, 0.25) is 0 Å². The van der Waals surface area contributed by atoms with Crippen molar-refractivity contribution in [2.45, 2.75) is 25.7 Å². The van der Waals surface area contributed by atoms with E-state index in [9.17, 15) is 5.11 Å². The summed E-state index contributed by atoms with van der Waals surface area (Å²) in [4.78, 5) is 2.25. The van der Waals surface area contributed by atoms with Crippen molar-refractivity contribution in [3.05, 3.63) is 58.1 Å². The lowest BCUT2D eigenvalue weighted by molar-refractivity contribution is 0.473. The van der Waals surface area contributed by atoms with Gasteiger partial charge >= 0.3 is 0 Å². The van der Waals surface area contributed by atoms with Gasteiger partial charge in [-0.15, -0.1) is 0 Å². The van der Waals surface area contributed by atoms with Crippen molar-refractivity contribution in [2.24, 2.45) is 0 Å². The van der Waals surface area contributed by atoms with Crippen LogP contribution in [0.2, 0.25) is 0 Å². The van der Waals surface area contributed by atoms with Gasteiger partial charge < -0.3 is 5.11 Å². The van der Waals surface area contributed by atoms with Gasteiger partial charge in [0.05, 0.1) is 0 Å². The van der Waals surface area contributed by atoms with Crippen molar-refractivity contribution in [3.8, 4) is 5.75 Å². The number of phenolic OH excluding ortho intramolecular Hbond substituents is 1. The number of rotatable bonds is 1. The van der Waals surface area contributed by atoms with E-state index in [1.54, 1.807) is 10.8 Å². The zero-order valence-corrected chi connectivity index (χ0v) is 13.9. The molecule has 0 fully saturated rings. The standard InChI is InChI=1S/C16H15ClOS2/c1-9-8-13(18)15(11(3)10(9)2)16-12-6-4-5-7-14(12)19-20(16)17/h4-8,18H,1-3H3. The lowest BCUT2D eigenvalue weighted by atomic mass is 9.93. The van der Waals surface area contributed by atoms with Crippen LogP contribution in [0.25, 0.3) is 0 Å². The van der Waals surface area contributed by atoms with Crippen molar-refractivity contribution in [1.82, 2.24) is 0 Å². The van der Waals surface area contributed by atoms with Crippen molar-refractivity contribution >= 4 is 35.1 Å². The Balaban J connectivity index is 2.30. The molecule has 3 rings (SSSR count). The molecule has 0 radical (unpaired) electrons. The summed E-state index contributed by atoms with van der Waals surface area (Å²) in [5, 5.41) is 10.4. The SMILES string of the molecule is Cc1cc(O)c(C2=S(Cl)Sc3ccccc32)c(C)c1C. The minimum Gasteiger partial charge on any atom is -0.507 e.